The average Bonchev–Trinajstić information content (AvgIpc) is 2.46. The summed E-state index contributed by atoms with van der Waals surface area (Å²) in [5.74, 6) is -1.21. The number of unbranched alkanes of at least 4 members (excludes halogenated alkanes) is 6. The van der Waals surface area contributed by atoms with Gasteiger partial charge in [-0.05, 0) is 18.6 Å². The molecule has 1 rings (SSSR count). The molecular formula is C16H24O5S. The van der Waals surface area contributed by atoms with Gasteiger partial charge in [-0.3, -0.25) is 4.79 Å². The van der Waals surface area contributed by atoms with E-state index in [0.717, 1.165) is 19.3 Å². The summed E-state index contributed by atoms with van der Waals surface area (Å²) in [6.45, 7) is 2.15. The molecule has 6 heteroatoms. The summed E-state index contributed by atoms with van der Waals surface area (Å²) in [4.78, 5) is 11.2. The van der Waals surface area contributed by atoms with Gasteiger partial charge in [-0.25, -0.2) is 0 Å². The number of phenolic OH excluding ortho intramolecular Hbond substituents is 1. The molecule has 0 saturated heterocycles. The Morgan fingerprint density at radius 1 is 1.05 bits per heavy atom. The molecule has 0 amide bonds. The standard InChI is InChI=1S/C16H24O5S/c1-2-3-4-5-6-7-8-13-16(18)21-22(19,20)15-12-10-9-11-14(15)17/h9-12,17H,2-8,13H2,1H3. The third-order valence-corrected chi connectivity index (χ3v) is 4.61. The summed E-state index contributed by atoms with van der Waals surface area (Å²) in [6, 6.07) is 5.38. The number of carbonyl (C=O) groups is 1. The molecule has 0 heterocycles. The van der Waals surface area contributed by atoms with E-state index in [9.17, 15) is 18.3 Å². The Morgan fingerprint density at radius 2 is 1.64 bits per heavy atom. The van der Waals surface area contributed by atoms with Gasteiger partial charge >= 0.3 is 16.1 Å². The lowest BCUT2D eigenvalue weighted by Gasteiger charge is -2.07. The van der Waals surface area contributed by atoms with E-state index in [4.69, 9.17) is 0 Å². The molecule has 0 spiro atoms. The summed E-state index contributed by atoms with van der Waals surface area (Å²) in [7, 11) is -4.24. The van der Waals surface area contributed by atoms with E-state index in [1.807, 2.05) is 0 Å². The number of carbonyl (C=O) groups excluding carboxylic acids is 1. The lowest BCUT2D eigenvalue weighted by molar-refractivity contribution is -0.133. The fourth-order valence-electron chi connectivity index (χ4n) is 2.10. The summed E-state index contributed by atoms with van der Waals surface area (Å²) < 4.78 is 28.3. The number of aromatic hydroxyl groups is 1. The lowest BCUT2D eigenvalue weighted by atomic mass is 10.1. The van der Waals surface area contributed by atoms with Crippen LogP contribution in [0.2, 0.25) is 0 Å². The SMILES string of the molecule is CCCCCCCCCC(=O)OS(=O)(=O)c1ccccc1O. The van der Waals surface area contributed by atoms with Crippen LogP contribution in [0.15, 0.2) is 29.2 Å². The highest BCUT2D eigenvalue weighted by molar-refractivity contribution is 7.87. The second kappa shape index (κ2) is 9.46. The Morgan fingerprint density at radius 3 is 2.27 bits per heavy atom. The zero-order valence-corrected chi connectivity index (χ0v) is 13.8. The number of hydrogen-bond donors (Lipinski definition) is 1. The molecule has 124 valence electrons. The predicted octanol–water partition coefficient (Wildman–Crippen LogP) is 3.76. The van der Waals surface area contributed by atoms with Crippen molar-refractivity contribution in [3.05, 3.63) is 24.3 Å². The maximum Gasteiger partial charge on any atom is 0.345 e. The minimum Gasteiger partial charge on any atom is -0.506 e. The van der Waals surface area contributed by atoms with Gasteiger partial charge in [0.25, 0.3) is 0 Å². The van der Waals surface area contributed by atoms with Crippen molar-refractivity contribution in [2.45, 2.75) is 63.2 Å². The predicted molar refractivity (Wildman–Crippen MR) is 84.0 cm³/mol. The van der Waals surface area contributed by atoms with Gasteiger partial charge in [-0.2, -0.15) is 8.42 Å². The van der Waals surface area contributed by atoms with E-state index in [1.54, 1.807) is 0 Å². The minimum atomic E-state index is -4.24. The maximum atomic E-state index is 11.9. The van der Waals surface area contributed by atoms with E-state index in [1.165, 1.54) is 43.5 Å². The molecule has 0 radical (unpaired) electrons. The first-order valence-corrected chi connectivity index (χ1v) is 9.13. The summed E-state index contributed by atoms with van der Waals surface area (Å²) >= 11 is 0. The molecule has 1 aromatic carbocycles. The lowest BCUT2D eigenvalue weighted by Crippen LogP contribution is -2.13. The van der Waals surface area contributed by atoms with Crippen molar-refractivity contribution in [1.29, 1.82) is 0 Å². The number of hydrogen-bond acceptors (Lipinski definition) is 5. The van der Waals surface area contributed by atoms with Crippen LogP contribution in [-0.2, 0) is 19.1 Å². The van der Waals surface area contributed by atoms with E-state index in [-0.39, 0.29) is 11.3 Å². The van der Waals surface area contributed by atoms with Crippen LogP contribution in [0.3, 0.4) is 0 Å². The van der Waals surface area contributed by atoms with Crippen LogP contribution in [0, 0.1) is 0 Å². The second-order valence-corrected chi connectivity index (χ2v) is 6.76. The summed E-state index contributed by atoms with van der Waals surface area (Å²) in [5, 5.41) is 9.51. The Kier molecular flexibility index (Phi) is 7.95. The molecule has 0 aromatic heterocycles. The Bertz CT molecular complexity index is 566. The van der Waals surface area contributed by atoms with Crippen LogP contribution in [0.4, 0.5) is 0 Å². The van der Waals surface area contributed by atoms with Gasteiger partial charge in [0.2, 0.25) is 0 Å². The van der Waals surface area contributed by atoms with Crippen molar-refractivity contribution in [3.8, 4) is 5.75 Å². The van der Waals surface area contributed by atoms with Gasteiger partial charge in [0.1, 0.15) is 10.6 Å². The number of benzene rings is 1. The second-order valence-electron chi connectivity index (χ2n) is 5.25. The third-order valence-electron chi connectivity index (χ3n) is 3.32. The quantitative estimate of drug-likeness (QED) is 0.522. The topological polar surface area (TPSA) is 80.7 Å². The minimum absolute atomic E-state index is 0.0700. The molecule has 0 aliphatic heterocycles. The number of rotatable bonds is 10. The van der Waals surface area contributed by atoms with E-state index < -0.39 is 21.8 Å². The van der Waals surface area contributed by atoms with E-state index in [0.29, 0.717) is 6.42 Å². The summed E-state index contributed by atoms with van der Waals surface area (Å²) in [6.07, 6.45) is 7.36. The first-order valence-electron chi connectivity index (χ1n) is 7.72. The van der Waals surface area contributed by atoms with Crippen molar-refractivity contribution in [2.75, 3.05) is 0 Å². The van der Waals surface area contributed by atoms with Crippen LogP contribution < -0.4 is 0 Å². The Hall–Kier alpha value is -1.56. The summed E-state index contributed by atoms with van der Waals surface area (Å²) in [5.41, 5.74) is 0. The van der Waals surface area contributed by atoms with Crippen molar-refractivity contribution in [1.82, 2.24) is 0 Å². The number of para-hydroxylation sites is 1. The van der Waals surface area contributed by atoms with Crippen LogP contribution >= 0.6 is 0 Å². The highest BCUT2D eigenvalue weighted by Gasteiger charge is 2.22. The molecule has 1 aromatic rings. The molecular weight excluding hydrogens is 304 g/mol. The largest absolute Gasteiger partial charge is 0.506 e. The third kappa shape index (κ3) is 6.47. The molecule has 1 N–H and O–H groups in total. The van der Waals surface area contributed by atoms with Gasteiger partial charge in [0, 0.05) is 6.42 Å². The smallest absolute Gasteiger partial charge is 0.345 e. The maximum absolute atomic E-state index is 11.9. The van der Waals surface area contributed by atoms with Gasteiger partial charge in [-0.1, -0.05) is 57.6 Å². The molecule has 0 bridgehead atoms. The molecule has 0 unspecified atom stereocenters. The normalized spacial score (nSPS) is 11.3. The molecule has 0 atom stereocenters. The fourth-order valence-corrected chi connectivity index (χ4v) is 3.09. The molecule has 0 saturated carbocycles. The molecule has 0 aliphatic carbocycles. The Balaban J connectivity index is 2.34. The highest BCUT2D eigenvalue weighted by atomic mass is 32.2. The Labute approximate surface area is 132 Å². The first-order chi connectivity index (χ1) is 10.5. The molecule has 22 heavy (non-hydrogen) atoms. The molecule has 0 fully saturated rings. The fraction of sp³-hybridized carbons (Fsp3) is 0.562. The molecule has 0 aliphatic rings. The van der Waals surface area contributed by atoms with Crippen molar-refractivity contribution in [3.63, 3.8) is 0 Å². The zero-order chi connectivity index (χ0) is 16.4. The molecule has 5 nitrogen and oxygen atoms in total. The van der Waals surface area contributed by atoms with Gasteiger partial charge < -0.3 is 9.29 Å². The van der Waals surface area contributed by atoms with E-state index >= 15 is 0 Å². The van der Waals surface area contributed by atoms with Crippen LogP contribution in [0.1, 0.15) is 58.3 Å². The average molecular weight is 328 g/mol. The van der Waals surface area contributed by atoms with Gasteiger partial charge in [-0.15, -0.1) is 0 Å². The van der Waals surface area contributed by atoms with Crippen LogP contribution in [0.5, 0.6) is 5.75 Å². The zero-order valence-electron chi connectivity index (χ0n) is 13.0. The highest BCUT2D eigenvalue weighted by Crippen LogP contribution is 2.23. The number of phenols is 1. The van der Waals surface area contributed by atoms with Crippen LogP contribution in [-0.4, -0.2) is 19.5 Å². The van der Waals surface area contributed by atoms with Gasteiger partial charge in [0.15, 0.2) is 0 Å². The first kappa shape index (κ1) is 18.5. The monoisotopic (exact) mass is 328 g/mol. The van der Waals surface area contributed by atoms with Crippen LogP contribution in [0.25, 0.3) is 0 Å². The van der Waals surface area contributed by atoms with E-state index in [2.05, 4.69) is 11.1 Å². The van der Waals surface area contributed by atoms with Crippen molar-refractivity contribution >= 4 is 16.1 Å². The van der Waals surface area contributed by atoms with Gasteiger partial charge in [0.05, 0.1) is 0 Å². The van der Waals surface area contributed by atoms with Crippen molar-refractivity contribution < 1.29 is 22.5 Å². The van der Waals surface area contributed by atoms with Crippen molar-refractivity contribution in [2.24, 2.45) is 0 Å².